The highest BCUT2D eigenvalue weighted by molar-refractivity contribution is 5.91. The minimum atomic E-state index is -0.327. The van der Waals surface area contributed by atoms with Gasteiger partial charge in [-0.1, -0.05) is 30.3 Å². The van der Waals surface area contributed by atoms with Crippen LogP contribution in [0.4, 0.5) is 21.7 Å². The molecular weight excluding hydrogens is 319 g/mol. The Labute approximate surface area is 144 Å². The Hall–Kier alpha value is -3.28. The largest absolute Gasteiger partial charge is 0.339 e. The monoisotopic (exact) mass is 336 g/mol. The van der Waals surface area contributed by atoms with Crippen molar-refractivity contribution >= 4 is 23.2 Å². The number of nitrogens with one attached hydrogen (secondary N) is 2. The van der Waals surface area contributed by atoms with Gasteiger partial charge >= 0.3 is 0 Å². The molecule has 2 N–H and O–H groups in total. The molecule has 1 aromatic heterocycles. The third kappa shape index (κ3) is 4.60. The van der Waals surface area contributed by atoms with E-state index < -0.39 is 0 Å². The molecule has 0 spiro atoms. The summed E-state index contributed by atoms with van der Waals surface area (Å²) in [4.78, 5) is 12.0. The zero-order valence-electron chi connectivity index (χ0n) is 13.7. The van der Waals surface area contributed by atoms with Crippen LogP contribution in [0.5, 0.6) is 0 Å². The van der Waals surface area contributed by atoms with Gasteiger partial charge in [-0.25, -0.2) is 4.39 Å². The zero-order valence-corrected chi connectivity index (χ0v) is 13.7. The number of carbonyl (C=O) groups excluding carboxylic acids is 1. The molecule has 0 saturated carbocycles. The lowest BCUT2D eigenvalue weighted by Gasteiger charge is -2.09. The molecule has 0 atom stereocenters. The minimum Gasteiger partial charge on any atom is -0.339 e. The summed E-state index contributed by atoms with van der Waals surface area (Å²) in [7, 11) is 0. The van der Waals surface area contributed by atoms with Gasteiger partial charge in [0.2, 0.25) is 5.91 Å². The van der Waals surface area contributed by atoms with E-state index in [-0.39, 0.29) is 18.1 Å². The van der Waals surface area contributed by atoms with Crippen molar-refractivity contribution in [2.24, 2.45) is 0 Å². The lowest BCUT2D eigenvalue weighted by molar-refractivity contribution is -0.115. The molecule has 3 rings (SSSR count). The third-order valence-electron chi connectivity index (χ3n) is 3.62. The summed E-state index contributed by atoms with van der Waals surface area (Å²) in [6, 6.07) is 17.1. The summed E-state index contributed by atoms with van der Waals surface area (Å²) in [5.74, 6) is 0.389. The van der Waals surface area contributed by atoms with E-state index >= 15 is 0 Å². The molecule has 0 saturated heterocycles. The molecule has 1 heterocycles. The van der Waals surface area contributed by atoms with Gasteiger partial charge in [-0.15, -0.1) is 10.2 Å². The van der Waals surface area contributed by atoms with E-state index in [0.29, 0.717) is 11.6 Å². The van der Waals surface area contributed by atoms with Crippen molar-refractivity contribution in [1.29, 1.82) is 0 Å². The first kappa shape index (κ1) is 16.6. The maximum absolute atomic E-state index is 12.9. The van der Waals surface area contributed by atoms with Crippen LogP contribution in [0.1, 0.15) is 11.1 Å². The smallest absolute Gasteiger partial charge is 0.229 e. The SMILES string of the molecule is Cc1ccccc1Nc1ccc(NC(=O)Cc2ccc(F)cc2)nn1. The van der Waals surface area contributed by atoms with E-state index in [4.69, 9.17) is 0 Å². The summed E-state index contributed by atoms with van der Waals surface area (Å²) in [5.41, 5.74) is 2.77. The molecule has 0 radical (unpaired) electrons. The number of aryl methyl sites for hydroxylation is 1. The summed E-state index contributed by atoms with van der Waals surface area (Å²) in [5, 5.41) is 13.9. The summed E-state index contributed by atoms with van der Waals surface area (Å²) in [6.45, 7) is 2.00. The van der Waals surface area contributed by atoms with Crippen molar-refractivity contribution < 1.29 is 9.18 Å². The number of para-hydroxylation sites is 1. The normalized spacial score (nSPS) is 10.3. The van der Waals surface area contributed by atoms with Gasteiger partial charge < -0.3 is 10.6 Å². The summed E-state index contributed by atoms with van der Waals surface area (Å²) in [6.07, 6.45) is 0.144. The Morgan fingerprint density at radius 3 is 2.32 bits per heavy atom. The Kier molecular flexibility index (Phi) is 4.99. The number of hydrogen-bond donors (Lipinski definition) is 2. The van der Waals surface area contributed by atoms with Crippen LogP contribution in [0.2, 0.25) is 0 Å². The zero-order chi connectivity index (χ0) is 17.6. The molecule has 0 fully saturated rings. The molecule has 5 nitrogen and oxygen atoms in total. The van der Waals surface area contributed by atoms with Crippen LogP contribution in [-0.4, -0.2) is 16.1 Å². The first-order chi connectivity index (χ1) is 12.1. The second-order valence-corrected chi connectivity index (χ2v) is 5.60. The van der Waals surface area contributed by atoms with Crippen molar-refractivity contribution in [2.45, 2.75) is 13.3 Å². The Bertz CT molecular complexity index is 863. The highest BCUT2D eigenvalue weighted by atomic mass is 19.1. The van der Waals surface area contributed by atoms with Crippen LogP contribution in [0.25, 0.3) is 0 Å². The average molecular weight is 336 g/mol. The topological polar surface area (TPSA) is 66.9 Å². The van der Waals surface area contributed by atoms with E-state index in [9.17, 15) is 9.18 Å². The number of amides is 1. The van der Waals surface area contributed by atoms with Gasteiger partial charge in [0.05, 0.1) is 6.42 Å². The van der Waals surface area contributed by atoms with E-state index in [2.05, 4.69) is 20.8 Å². The van der Waals surface area contributed by atoms with Gasteiger partial charge in [0.15, 0.2) is 11.6 Å². The Morgan fingerprint density at radius 1 is 0.960 bits per heavy atom. The van der Waals surface area contributed by atoms with Crippen LogP contribution in [0.3, 0.4) is 0 Å². The predicted molar refractivity (Wildman–Crippen MR) is 95.2 cm³/mol. The second kappa shape index (κ2) is 7.53. The van der Waals surface area contributed by atoms with E-state index in [1.165, 1.54) is 12.1 Å². The van der Waals surface area contributed by atoms with E-state index in [1.54, 1.807) is 24.3 Å². The van der Waals surface area contributed by atoms with Crippen LogP contribution in [0.15, 0.2) is 60.7 Å². The van der Waals surface area contributed by atoms with Crippen LogP contribution < -0.4 is 10.6 Å². The number of aromatic nitrogens is 2. The van der Waals surface area contributed by atoms with Crippen molar-refractivity contribution in [1.82, 2.24) is 10.2 Å². The van der Waals surface area contributed by atoms with Crippen molar-refractivity contribution in [2.75, 3.05) is 10.6 Å². The highest BCUT2D eigenvalue weighted by Gasteiger charge is 2.06. The number of nitrogens with zero attached hydrogens (tertiary/aromatic N) is 2. The molecule has 0 unspecified atom stereocenters. The van der Waals surface area contributed by atoms with Gasteiger partial charge in [-0.3, -0.25) is 4.79 Å². The summed E-state index contributed by atoms with van der Waals surface area (Å²) < 4.78 is 12.9. The number of halogens is 1. The van der Waals surface area contributed by atoms with Gasteiger partial charge in [0.25, 0.3) is 0 Å². The van der Waals surface area contributed by atoms with Gasteiger partial charge in [-0.05, 0) is 48.4 Å². The maximum atomic E-state index is 12.9. The lowest BCUT2D eigenvalue weighted by atomic mass is 10.1. The Balaban J connectivity index is 1.59. The number of benzene rings is 2. The fourth-order valence-corrected chi connectivity index (χ4v) is 2.29. The van der Waals surface area contributed by atoms with E-state index in [1.807, 2.05) is 31.2 Å². The molecule has 0 aliphatic heterocycles. The molecule has 0 aliphatic carbocycles. The molecule has 3 aromatic rings. The molecule has 0 aliphatic rings. The molecule has 126 valence electrons. The number of rotatable bonds is 5. The van der Waals surface area contributed by atoms with E-state index in [0.717, 1.165) is 16.8 Å². The molecule has 2 aromatic carbocycles. The Morgan fingerprint density at radius 2 is 1.64 bits per heavy atom. The first-order valence-electron chi connectivity index (χ1n) is 7.81. The molecular formula is C19H17FN4O. The highest BCUT2D eigenvalue weighted by Crippen LogP contribution is 2.18. The quantitative estimate of drug-likeness (QED) is 0.743. The molecule has 25 heavy (non-hydrogen) atoms. The van der Waals surface area contributed by atoms with Crippen LogP contribution in [0, 0.1) is 12.7 Å². The number of anilines is 3. The molecule has 1 amide bonds. The average Bonchev–Trinajstić information content (AvgIpc) is 2.61. The standard InChI is InChI=1S/C19H17FN4O/c1-13-4-2-3-5-16(13)21-17-10-11-18(24-23-17)22-19(25)12-14-6-8-15(20)9-7-14/h2-11H,12H2,1H3,(H,21,23)(H,22,24,25). The first-order valence-corrected chi connectivity index (χ1v) is 7.81. The molecule has 6 heteroatoms. The van der Waals surface area contributed by atoms with Crippen molar-refractivity contribution in [3.05, 3.63) is 77.6 Å². The van der Waals surface area contributed by atoms with Gasteiger partial charge in [0, 0.05) is 5.69 Å². The van der Waals surface area contributed by atoms with Crippen LogP contribution in [-0.2, 0) is 11.2 Å². The van der Waals surface area contributed by atoms with Gasteiger partial charge in [0.1, 0.15) is 5.82 Å². The summed E-state index contributed by atoms with van der Waals surface area (Å²) >= 11 is 0. The third-order valence-corrected chi connectivity index (χ3v) is 3.62. The number of hydrogen-bond acceptors (Lipinski definition) is 4. The molecule has 0 bridgehead atoms. The number of carbonyl (C=O) groups is 1. The fraction of sp³-hybridized carbons (Fsp3) is 0.105. The minimum absolute atomic E-state index is 0.144. The fourth-order valence-electron chi connectivity index (χ4n) is 2.29. The lowest BCUT2D eigenvalue weighted by Crippen LogP contribution is -2.15. The predicted octanol–water partition coefficient (Wildman–Crippen LogP) is 3.85. The van der Waals surface area contributed by atoms with Gasteiger partial charge in [-0.2, -0.15) is 0 Å². The van der Waals surface area contributed by atoms with Crippen molar-refractivity contribution in [3.8, 4) is 0 Å². The van der Waals surface area contributed by atoms with Crippen molar-refractivity contribution in [3.63, 3.8) is 0 Å². The van der Waals surface area contributed by atoms with Crippen LogP contribution >= 0.6 is 0 Å². The second-order valence-electron chi connectivity index (χ2n) is 5.60. The maximum Gasteiger partial charge on any atom is 0.229 e.